The topological polar surface area (TPSA) is 171 Å². The molecule has 5 amide bonds. The Hall–Kier alpha value is -3.17. The molecule has 0 aromatic carbocycles. The van der Waals surface area contributed by atoms with Crippen molar-refractivity contribution in [3.8, 4) is 0 Å². The Bertz CT molecular complexity index is 1480. The van der Waals surface area contributed by atoms with Gasteiger partial charge in [-0.3, -0.25) is 19.2 Å². The molecule has 3 saturated carbocycles. The predicted octanol–water partition coefficient (Wildman–Crippen LogP) is 3.41. The van der Waals surface area contributed by atoms with E-state index in [1.807, 2.05) is 13.8 Å². The van der Waals surface area contributed by atoms with Gasteiger partial charge in [-0.15, -0.1) is 6.58 Å². The van der Waals surface area contributed by atoms with Gasteiger partial charge in [0.2, 0.25) is 17.6 Å². The molecule has 0 radical (unpaired) electrons. The molecule has 4 N–H and O–H groups in total. The lowest BCUT2D eigenvalue weighted by atomic mass is 9.83. The molecular formula is C35H54F3N5O7S. The Morgan fingerprint density at radius 3 is 2.18 bits per heavy atom. The fraction of sp³-hybridized carbons (Fsp3) is 0.800. The monoisotopic (exact) mass is 745 g/mol. The van der Waals surface area contributed by atoms with Crippen LogP contribution in [0.15, 0.2) is 12.7 Å². The average Bonchev–Trinajstić information content (AvgIpc) is 3.86. The van der Waals surface area contributed by atoms with E-state index in [0.717, 1.165) is 19.3 Å². The fourth-order valence-corrected chi connectivity index (χ4v) is 9.84. The number of nitrogens with zero attached hydrogens (tertiary/aromatic N) is 1. The fourth-order valence-electron chi connectivity index (χ4n) is 8.04. The number of halogens is 3. The van der Waals surface area contributed by atoms with Gasteiger partial charge in [0.15, 0.2) is 9.84 Å². The lowest BCUT2D eigenvalue weighted by Crippen LogP contribution is -2.64. The van der Waals surface area contributed by atoms with Crippen LogP contribution < -0.4 is 21.3 Å². The van der Waals surface area contributed by atoms with Crippen molar-refractivity contribution in [1.29, 1.82) is 0 Å². The number of alkyl halides is 3. The van der Waals surface area contributed by atoms with E-state index < -0.39 is 86.1 Å². The molecule has 4 rings (SSSR count). The number of hydrogen-bond donors (Lipinski definition) is 4. The van der Waals surface area contributed by atoms with E-state index in [0.29, 0.717) is 25.2 Å². The summed E-state index contributed by atoms with van der Waals surface area (Å²) in [5.74, 6) is -5.50. The highest BCUT2D eigenvalue weighted by atomic mass is 32.2. The lowest BCUT2D eigenvalue weighted by molar-refractivity contribution is -0.145. The van der Waals surface area contributed by atoms with Gasteiger partial charge in [0.1, 0.15) is 17.8 Å². The third kappa shape index (κ3) is 10.2. The van der Waals surface area contributed by atoms with Crippen molar-refractivity contribution in [3.63, 3.8) is 0 Å². The quantitative estimate of drug-likeness (QED) is 0.147. The number of urea groups is 1. The summed E-state index contributed by atoms with van der Waals surface area (Å²) in [5, 5.41) is 10.6. The summed E-state index contributed by atoms with van der Waals surface area (Å²) in [5.41, 5.74) is -2.64. The predicted molar refractivity (Wildman–Crippen MR) is 184 cm³/mol. The van der Waals surface area contributed by atoms with Crippen LogP contribution in [0.2, 0.25) is 0 Å². The molecular weight excluding hydrogens is 691 g/mol. The molecule has 51 heavy (non-hydrogen) atoms. The van der Waals surface area contributed by atoms with E-state index in [2.05, 4.69) is 27.8 Å². The van der Waals surface area contributed by atoms with Crippen LogP contribution in [-0.4, -0.2) is 97.3 Å². The number of carbonyl (C=O) groups excluding carboxylic acids is 5. The zero-order valence-electron chi connectivity index (χ0n) is 30.3. The molecule has 3 aliphatic carbocycles. The van der Waals surface area contributed by atoms with Crippen molar-refractivity contribution < 1.29 is 45.6 Å². The first kappa shape index (κ1) is 40.6. The molecule has 12 nitrogen and oxygen atoms in total. The number of rotatable bonds is 15. The third-order valence-corrected chi connectivity index (χ3v) is 12.8. The molecule has 0 aromatic rings. The highest BCUT2D eigenvalue weighted by Crippen LogP contribution is 2.65. The van der Waals surface area contributed by atoms with Gasteiger partial charge in [-0.2, -0.15) is 13.2 Å². The number of amides is 5. The molecule has 0 aromatic heterocycles. The van der Waals surface area contributed by atoms with Crippen molar-refractivity contribution in [3.05, 3.63) is 12.7 Å². The van der Waals surface area contributed by atoms with Gasteiger partial charge in [0.05, 0.1) is 17.3 Å². The lowest BCUT2D eigenvalue weighted by Gasteiger charge is -2.40. The van der Waals surface area contributed by atoms with Crippen LogP contribution in [0.5, 0.6) is 0 Å². The first-order valence-electron chi connectivity index (χ1n) is 17.9. The van der Waals surface area contributed by atoms with E-state index in [4.69, 9.17) is 0 Å². The van der Waals surface area contributed by atoms with E-state index in [-0.39, 0.29) is 49.6 Å². The number of carbonyl (C=O) groups is 5. The van der Waals surface area contributed by atoms with Crippen LogP contribution in [0.4, 0.5) is 18.0 Å². The van der Waals surface area contributed by atoms with Crippen molar-refractivity contribution in [2.75, 3.05) is 24.6 Å². The minimum absolute atomic E-state index is 0.0347. The standard InChI is InChI=1S/C35H54F3N5O7S/c1-7-17-39-29(46)26(44)23(14-13-21-11-12-21)40-28(45)25-24-22(33(24,5)6)18-43(25)30(47)27(32(2,3)4)41-31(48)42-34(15-9-8-10-16-34)19-51(49,50)20-35(36,37)38/h7,21-25,27H,1,8-20H2,2-6H3,(H,39,46)(H,40,45)(H2,41,42,48)/t22-,23?,24-,25-,27+/m0/s1. The van der Waals surface area contributed by atoms with E-state index in [1.165, 1.54) is 11.0 Å². The normalized spacial score (nSPS) is 25.1. The minimum atomic E-state index is -4.93. The number of hydrogen-bond acceptors (Lipinski definition) is 7. The molecule has 1 aliphatic heterocycles. The van der Waals surface area contributed by atoms with Gasteiger partial charge in [0.25, 0.3) is 5.91 Å². The molecule has 4 aliphatic rings. The third-order valence-electron chi connectivity index (χ3n) is 11.0. The largest absolute Gasteiger partial charge is 0.402 e. The van der Waals surface area contributed by atoms with E-state index in [1.54, 1.807) is 20.8 Å². The molecule has 1 saturated heterocycles. The number of sulfone groups is 1. The summed E-state index contributed by atoms with van der Waals surface area (Å²) < 4.78 is 64.4. The number of Topliss-reactive ketones (excluding diaryl/α,β-unsaturated/α-hetero) is 1. The molecule has 288 valence electrons. The van der Waals surface area contributed by atoms with Crippen LogP contribution in [-0.2, 0) is 29.0 Å². The summed E-state index contributed by atoms with van der Waals surface area (Å²) >= 11 is 0. The number of ketones is 1. The molecule has 16 heteroatoms. The molecule has 0 spiro atoms. The van der Waals surface area contributed by atoms with E-state index >= 15 is 0 Å². The molecule has 4 fully saturated rings. The molecule has 1 heterocycles. The summed E-state index contributed by atoms with van der Waals surface area (Å²) in [6, 6.07) is -4.19. The highest BCUT2D eigenvalue weighted by Gasteiger charge is 2.70. The van der Waals surface area contributed by atoms with Crippen LogP contribution >= 0.6 is 0 Å². The maximum atomic E-state index is 14.4. The first-order valence-corrected chi connectivity index (χ1v) is 19.7. The van der Waals surface area contributed by atoms with Crippen molar-refractivity contribution in [2.45, 2.75) is 122 Å². The Kier molecular flexibility index (Phi) is 12.0. The van der Waals surface area contributed by atoms with Crippen LogP contribution in [0, 0.1) is 28.6 Å². The highest BCUT2D eigenvalue weighted by molar-refractivity contribution is 7.91. The smallest absolute Gasteiger partial charge is 0.346 e. The number of piperidine rings is 1. The second-order valence-corrected chi connectivity index (χ2v) is 18.8. The number of nitrogens with one attached hydrogen (secondary N) is 4. The van der Waals surface area contributed by atoms with Gasteiger partial charge in [-0.1, -0.05) is 72.8 Å². The Balaban J connectivity index is 1.54. The van der Waals surface area contributed by atoms with Gasteiger partial charge < -0.3 is 26.2 Å². The Morgan fingerprint density at radius 2 is 1.63 bits per heavy atom. The molecule has 5 atom stereocenters. The van der Waals surface area contributed by atoms with Crippen LogP contribution in [0.25, 0.3) is 0 Å². The van der Waals surface area contributed by atoms with Gasteiger partial charge in [0, 0.05) is 13.1 Å². The van der Waals surface area contributed by atoms with Gasteiger partial charge >= 0.3 is 12.2 Å². The zero-order chi connectivity index (χ0) is 38.2. The zero-order valence-corrected chi connectivity index (χ0v) is 31.1. The SMILES string of the molecule is C=CCNC(=O)C(=O)C(CCC1CC1)NC(=O)[C@@H]1[C@@H]2[C@H](CN1C(=O)[C@@H](NC(=O)NC1(CS(=O)(=O)CC(F)(F)F)CCCCC1)C(C)(C)C)C2(C)C. The minimum Gasteiger partial charge on any atom is -0.346 e. The summed E-state index contributed by atoms with van der Waals surface area (Å²) in [6.45, 7) is 13.0. The van der Waals surface area contributed by atoms with Crippen molar-refractivity contribution in [2.24, 2.45) is 28.6 Å². The van der Waals surface area contributed by atoms with Crippen molar-refractivity contribution in [1.82, 2.24) is 26.2 Å². The number of fused-ring (bicyclic) bond motifs is 1. The summed E-state index contributed by atoms with van der Waals surface area (Å²) in [6.07, 6.45) is 1.51. The van der Waals surface area contributed by atoms with Crippen molar-refractivity contribution >= 4 is 39.4 Å². The summed E-state index contributed by atoms with van der Waals surface area (Å²) in [7, 11) is -4.63. The summed E-state index contributed by atoms with van der Waals surface area (Å²) in [4.78, 5) is 69.3. The van der Waals surface area contributed by atoms with Crippen LogP contribution in [0.1, 0.15) is 92.4 Å². The first-order chi connectivity index (χ1) is 23.5. The molecule has 0 bridgehead atoms. The maximum absolute atomic E-state index is 14.4. The number of likely N-dealkylation sites (tertiary alicyclic amines) is 1. The van der Waals surface area contributed by atoms with Gasteiger partial charge in [-0.05, 0) is 54.3 Å². The second-order valence-electron chi connectivity index (χ2n) is 16.7. The Morgan fingerprint density at radius 1 is 1.00 bits per heavy atom. The molecule has 1 unspecified atom stereocenters. The average molecular weight is 746 g/mol. The Labute approximate surface area is 298 Å². The van der Waals surface area contributed by atoms with Crippen LogP contribution in [0.3, 0.4) is 0 Å². The maximum Gasteiger partial charge on any atom is 0.402 e. The second kappa shape index (κ2) is 15.1. The van der Waals surface area contributed by atoms with Gasteiger partial charge in [-0.25, -0.2) is 13.2 Å². The van der Waals surface area contributed by atoms with E-state index in [9.17, 15) is 45.6 Å².